The number of hydrogen-bond acceptors (Lipinski definition) is 5. The number of nitrogens with zero attached hydrogens (tertiary/aromatic N) is 1. The fourth-order valence-corrected chi connectivity index (χ4v) is 3.70. The number of carbonyl (C=O) groups is 1. The van der Waals surface area contributed by atoms with Gasteiger partial charge >= 0.3 is 0 Å². The van der Waals surface area contributed by atoms with Crippen LogP contribution in [0.2, 0.25) is 0 Å². The third-order valence-electron chi connectivity index (χ3n) is 4.14. The fraction of sp³-hybridized carbons (Fsp3) is 0.412. The van der Waals surface area contributed by atoms with E-state index in [1.54, 1.807) is 11.3 Å². The standard InChI is InChI=1S/C17H21N3O3S/c1-23-16-9-18-14(8-15(16)21)17(22)19-12-4-2-6-20(10-12)11-13-5-3-7-24-13/h3,5,7-9,12H,2,4,6,10-11H2,1H3,(H,18,21)(H,19,22)/t12-/m0/s1. The summed E-state index contributed by atoms with van der Waals surface area (Å²) in [6, 6.07) is 5.57. The van der Waals surface area contributed by atoms with Gasteiger partial charge < -0.3 is 15.0 Å². The molecule has 0 spiro atoms. The van der Waals surface area contributed by atoms with Gasteiger partial charge in [0.25, 0.3) is 5.91 Å². The smallest absolute Gasteiger partial charge is 0.268 e. The summed E-state index contributed by atoms with van der Waals surface area (Å²) in [5.74, 6) is -0.0518. The van der Waals surface area contributed by atoms with E-state index < -0.39 is 0 Å². The van der Waals surface area contributed by atoms with Gasteiger partial charge in [0, 0.05) is 36.3 Å². The number of hydrogen-bond donors (Lipinski definition) is 2. The Morgan fingerprint density at radius 2 is 2.42 bits per heavy atom. The Balaban J connectivity index is 1.59. The number of methoxy groups -OCH3 is 1. The van der Waals surface area contributed by atoms with Crippen molar-refractivity contribution >= 4 is 17.2 Å². The van der Waals surface area contributed by atoms with Crippen LogP contribution in [0.1, 0.15) is 28.2 Å². The molecule has 6 nitrogen and oxygen atoms in total. The van der Waals surface area contributed by atoms with Crippen molar-refractivity contribution in [2.45, 2.75) is 25.4 Å². The van der Waals surface area contributed by atoms with Crippen molar-refractivity contribution in [1.29, 1.82) is 0 Å². The first-order valence-electron chi connectivity index (χ1n) is 7.98. The van der Waals surface area contributed by atoms with Crippen LogP contribution in [0.3, 0.4) is 0 Å². The predicted octanol–water partition coefficient (Wildman–Crippen LogP) is 1.84. The molecule has 3 rings (SSSR count). The highest BCUT2D eigenvalue weighted by atomic mass is 32.1. The minimum absolute atomic E-state index is 0.0943. The van der Waals surface area contributed by atoms with Crippen LogP contribution in [0.5, 0.6) is 5.75 Å². The van der Waals surface area contributed by atoms with Crippen LogP contribution in [0, 0.1) is 0 Å². The summed E-state index contributed by atoms with van der Waals surface area (Å²) in [7, 11) is 1.43. The maximum absolute atomic E-state index is 12.3. The number of aromatic nitrogens is 1. The Kier molecular flexibility index (Phi) is 5.32. The maximum Gasteiger partial charge on any atom is 0.268 e. The average Bonchev–Trinajstić information content (AvgIpc) is 3.08. The number of rotatable bonds is 5. The number of likely N-dealkylation sites (tertiary alicyclic amines) is 1. The molecule has 3 heterocycles. The Morgan fingerprint density at radius 1 is 1.54 bits per heavy atom. The minimum atomic E-state index is -0.302. The molecule has 0 aliphatic carbocycles. The van der Waals surface area contributed by atoms with Gasteiger partial charge in [-0.25, -0.2) is 0 Å². The van der Waals surface area contributed by atoms with Crippen LogP contribution >= 0.6 is 11.3 Å². The molecule has 2 aromatic heterocycles. The number of carbonyl (C=O) groups excluding carboxylic acids is 1. The monoisotopic (exact) mass is 347 g/mol. The Morgan fingerprint density at radius 3 is 3.12 bits per heavy atom. The van der Waals surface area contributed by atoms with Gasteiger partial charge in [0.05, 0.1) is 7.11 Å². The predicted molar refractivity (Wildman–Crippen MR) is 93.7 cm³/mol. The number of pyridine rings is 1. The SMILES string of the molecule is COc1c[nH]c(C(=O)N[C@H]2CCCN(Cc3cccs3)C2)cc1=O. The van der Waals surface area contributed by atoms with E-state index in [0.29, 0.717) is 0 Å². The van der Waals surface area contributed by atoms with Gasteiger partial charge in [0.1, 0.15) is 5.69 Å². The number of thiophene rings is 1. The van der Waals surface area contributed by atoms with Crippen molar-refractivity contribution in [3.8, 4) is 5.75 Å². The van der Waals surface area contributed by atoms with E-state index in [-0.39, 0.29) is 28.8 Å². The summed E-state index contributed by atoms with van der Waals surface area (Å²) in [6.45, 7) is 2.79. The molecule has 2 aromatic rings. The van der Waals surface area contributed by atoms with E-state index in [0.717, 1.165) is 32.5 Å². The molecule has 1 fully saturated rings. The van der Waals surface area contributed by atoms with Gasteiger partial charge in [-0.3, -0.25) is 14.5 Å². The number of nitrogens with one attached hydrogen (secondary N) is 2. The van der Waals surface area contributed by atoms with Crippen LogP contribution in [0.4, 0.5) is 0 Å². The number of aromatic amines is 1. The zero-order valence-corrected chi connectivity index (χ0v) is 14.4. The van der Waals surface area contributed by atoms with E-state index in [9.17, 15) is 9.59 Å². The maximum atomic E-state index is 12.3. The van der Waals surface area contributed by atoms with E-state index in [4.69, 9.17) is 4.74 Å². The minimum Gasteiger partial charge on any atom is -0.491 e. The fourth-order valence-electron chi connectivity index (χ4n) is 2.95. The molecule has 0 bridgehead atoms. The first-order chi connectivity index (χ1) is 11.7. The van der Waals surface area contributed by atoms with Gasteiger partial charge in [0.2, 0.25) is 5.43 Å². The summed E-state index contributed by atoms with van der Waals surface area (Å²) in [5.41, 5.74) is -0.0412. The summed E-state index contributed by atoms with van der Waals surface area (Å²) < 4.78 is 4.91. The van der Waals surface area contributed by atoms with Crippen molar-refractivity contribution < 1.29 is 9.53 Å². The summed E-state index contributed by atoms with van der Waals surface area (Å²) >= 11 is 1.75. The second-order valence-electron chi connectivity index (χ2n) is 5.91. The molecule has 24 heavy (non-hydrogen) atoms. The van der Waals surface area contributed by atoms with Crippen molar-refractivity contribution in [2.75, 3.05) is 20.2 Å². The number of H-pyrrole nitrogens is 1. The van der Waals surface area contributed by atoms with Crippen LogP contribution in [-0.2, 0) is 6.54 Å². The van der Waals surface area contributed by atoms with Crippen molar-refractivity contribution in [2.24, 2.45) is 0 Å². The van der Waals surface area contributed by atoms with E-state index in [2.05, 4.69) is 32.7 Å². The van der Waals surface area contributed by atoms with E-state index in [1.165, 1.54) is 24.3 Å². The molecule has 0 saturated carbocycles. The molecule has 1 aliphatic heterocycles. The topological polar surface area (TPSA) is 74.4 Å². The molecule has 1 saturated heterocycles. The molecular weight excluding hydrogens is 326 g/mol. The van der Waals surface area contributed by atoms with Gasteiger partial charge in [-0.15, -0.1) is 11.3 Å². The quantitative estimate of drug-likeness (QED) is 0.865. The lowest BCUT2D eigenvalue weighted by molar-refractivity contribution is 0.0896. The first kappa shape index (κ1) is 16.7. The molecule has 1 amide bonds. The molecule has 128 valence electrons. The molecule has 0 unspecified atom stereocenters. The normalized spacial score (nSPS) is 18.3. The molecule has 0 aromatic carbocycles. The van der Waals surface area contributed by atoms with Gasteiger partial charge in [0.15, 0.2) is 5.75 Å². The Labute approximate surface area is 144 Å². The highest BCUT2D eigenvalue weighted by Crippen LogP contribution is 2.17. The van der Waals surface area contributed by atoms with Crippen LogP contribution < -0.4 is 15.5 Å². The average molecular weight is 347 g/mol. The van der Waals surface area contributed by atoms with Crippen LogP contribution in [0.15, 0.2) is 34.6 Å². The number of piperidine rings is 1. The summed E-state index contributed by atoms with van der Waals surface area (Å²) in [5, 5.41) is 5.10. The summed E-state index contributed by atoms with van der Waals surface area (Å²) in [4.78, 5) is 30.6. The number of amides is 1. The second kappa shape index (κ2) is 7.63. The van der Waals surface area contributed by atoms with Gasteiger partial charge in [-0.1, -0.05) is 6.07 Å². The summed E-state index contributed by atoms with van der Waals surface area (Å²) in [6.07, 6.45) is 3.42. The zero-order chi connectivity index (χ0) is 16.9. The molecule has 1 atom stereocenters. The lowest BCUT2D eigenvalue weighted by atomic mass is 10.1. The van der Waals surface area contributed by atoms with E-state index in [1.807, 2.05) is 0 Å². The van der Waals surface area contributed by atoms with Crippen molar-refractivity contribution in [3.63, 3.8) is 0 Å². The highest BCUT2D eigenvalue weighted by molar-refractivity contribution is 7.09. The third kappa shape index (κ3) is 4.04. The van der Waals surface area contributed by atoms with Crippen molar-refractivity contribution in [3.05, 3.63) is 50.6 Å². The zero-order valence-electron chi connectivity index (χ0n) is 13.6. The Bertz CT molecular complexity index is 742. The highest BCUT2D eigenvalue weighted by Gasteiger charge is 2.22. The van der Waals surface area contributed by atoms with E-state index >= 15 is 0 Å². The van der Waals surface area contributed by atoms with Crippen LogP contribution in [0.25, 0.3) is 0 Å². The molecule has 0 radical (unpaired) electrons. The molecule has 7 heteroatoms. The van der Waals surface area contributed by atoms with Gasteiger partial charge in [-0.05, 0) is 30.8 Å². The third-order valence-corrected chi connectivity index (χ3v) is 5.00. The number of ether oxygens (including phenoxy) is 1. The first-order valence-corrected chi connectivity index (χ1v) is 8.86. The molecule has 1 aliphatic rings. The van der Waals surface area contributed by atoms with Gasteiger partial charge in [-0.2, -0.15) is 0 Å². The Hall–Kier alpha value is -2.12. The largest absolute Gasteiger partial charge is 0.491 e. The second-order valence-corrected chi connectivity index (χ2v) is 6.94. The lowest BCUT2D eigenvalue weighted by Crippen LogP contribution is -2.47. The molecule has 2 N–H and O–H groups in total. The lowest BCUT2D eigenvalue weighted by Gasteiger charge is -2.32. The van der Waals surface area contributed by atoms with Crippen molar-refractivity contribution in [1.82, 2.24) is 15.2 Å². The molecular formula is C17H21N3O3S. The van der Waals surface area contributed by atoms with Crippen LogP contribution in [-0.4, -0.2) is 42.0 Å².